The van der Waals surface area contributed by atoms with Crippen LogP contribution < -0.4 is 4.90 Å². The van der Waals surface area contributed by atoms with Crippen molar-refractivity contribution >= 4 is 22.5 Å². The van der Waals surface area contributed by atoms with Gasteiger partial charge in [0.1, 0.15) is 0 Å². The number of fused-ring (bicyclic) bond motifs is 2. The van der Waals surface area contributed by atoms with Crippen LogP contribution in [0.3, 0.4) is 0 Å². The first-order valence-corrected chi connectivity index (χ1v) is 9.20. The van der Waals surface area contributed by atoms with Crippen LogP contribution >= 0.6 is 0 Å². The topological polar surface area (TPSA) is 68.8 Å². The molecule has 1 atom stereocenters. The number of ether oxygens (including phenoxy) is 1. The van der Waals surface area contributed by atoms with Crippen LogP contribution in [0.25, 0.3) is 10.9 Å². The smallest absolute Gasteiger partial charge is 0.269 e. The summed E-state index contributed by atoms with van der Waals surface area (Å²) in [4.78, 5) is 20.6. The second-order valence-corrected chi connectivity index (χ2v) is 7.08. The summed E-state index contributed by atoms with van der Waals surface area (Å²) in [6, 6.07) is 15.2. The van der Waals surface area contributed by atoms with Crippen molar-refractivity contribution in [2.75, 3.05) is 37.9 Å². The highest BCUT2D eigenvalue weighted by Crippen LogP contribution is 2.46. The fourth-order valence-electron chi connectivity index (χ4n) is 4.15. The van der Waals surface area contributed by atoms with E-state index in [1.807, 2.05) is 48.5 Å². The van der Waals surface area contributed by atoms with Crippen molar-refractivity contribution < 1.29 is 14.6 Å². The summed E-state index contributed by atoms with van der Waals surface area (Å²) in [5.74, 6) is -0.306. The number of aromatic nitrogens is 1. The van der Waals surface area contributed by atoms with Crippen LogP contribution in [-0.4, -0.2) is 53.9 Å². The molecule has 27 heavy (non-hydrogen) atoms. The van der Waals surface area contributed by atoms with Gasteiger partial charge in [0, 0.05) is 41.3 Å². The fourth-order valence-corrected chi connectivity index (χ4v) is 4.15. The maximum absolute atomic E-state index is 13.5. The minimum absolute atomic E-state index is 0.306. The molecule has 1 fully saturated rings. The molecule has 2 aliphatic heterocycles. The Hall–Kier alpha value is -2.67. The quantitative estimate of drug-likeness (QED) is 0.747. The van der Waals surface area contributed by atoms with E-state index in [1.165, 1.54) is 0 Å². The lowest BCUT2D eigenvalue weighted by Gasteiger charge is -2.31. The highest BCUT2D eigenvalue weighted by Gasteiger charge is 2.52. The van der Waals surface area contributed by atoms with Crippen molar-refractivity contribution in [2.45, 2.75) is 5.60 Å². The zero-order valence-electron chi connectivity index (χ0n) is 14.9. The van der Waals surface area contributed by atoms with Crippen molar-refractivity contribution in [3.63, 3.8) is 0 Å². The minimum atomic E-state index is -1.69. The molecule has 2 aliphatic rings. The number of anilines is 1. The van der Waals surface area contributed by atoms with Crippen molar-refractivity contribution in [1.82, 2.24) is 9.88 Å². The van der Waals surface area contributed by atoms with E-state index in [1.54, 1.807) is 11.1 Å². The van der Waals surface area contributed by atoms with Crippen LogP contribution in [0.5, 0.6) is 0 Å². The Balaban J connectivity index is 1.61. The summed E-state index contributed by atoms with van der Waals surface area (Å²) in [5, 5.41) is 12.6. The molecule has 0 bridgehead atoms. The number of H-pyrrole nitrogens is 1. The molecular formula is C21H21N3O3. The first-order chi connectivity index (χ1) is 13.2. The lowest BCUT2D eigenvalue weighted by Crippen LogP contribution is -2.48. The molecule has 0 unspecified atom stereocenters. The van der Waals surface area contributed by atoms with Gasteiger partial charge in [-0.1, -0.05) is 36.4 Å². The number of hydrogen-bond donors (Lipinski definition) is 2. The number of carbonyl (C=O) groups excluding carboxylic acids is 1. The zero-order chi connectivity index (χ0) is 18.4. The molecule has 1 amide bonds. The number of para-hydroxylation sites is 2. The number of carbonyl (C=O) groups is 1. The second kappa shape index (κ2) is 6.20. The molecule has 0 saturated carbocycles. The first kappa shape index (κ1) is 16.5. The molecule has 1 saturated heterocycles. The van der Waals surface area contributed by atoms with Crippen molar-refractivity contribution in [2.24, 2.45) is 0 Å². The van der Waals surface area contributed by atoms with Crippen molar-refractivity contribution in [3.8, 4) is 0 Å². The third-order valence-corrected chi connectivity index (χ3v) is 5.56. The summed E-state index contributed by atoms with van der Waals surface area (Å²) >= 11 is 0. The van der Waals surface area contributed by atoms with E-state index in [2.05, 4.69) is 9.88 Å². The third-order valence-electron chi connectivity index (χ3n) is 5.56. The molecule has 1 aromatic heterocycles. The van der Waals surface area contributed by atoms with Gasteiger partial charge in [0.15, 0.2) is 5.60 Å². The van der Waals surface area contributed by atoms with Crippen LogP contribution in [0.15, 0.2) is 54.7 Å². The van der Waals surface area contributed by atoms with Crippen LogP contribution in [0.2, 0.25) is 0 Å². The summed E-state index contributed by atoms with van der Waals surface area (Å²) < 4.78 is 5.41. The molecule has 138 valence electrons. The Bertz CT molecular complexity index is 1010. The van der Waals surface area contributed by atoms with E-state index >= 15 is 0 Å². The summed E-state index contributed by atoms with van der Waals surface area (Å²) in [6.07, 6.45) is 1.75. The number of aromatic amines is 1. The normalized spacial score (nSPS) is 23.1. The van der Waals surface area contributed by atoms with Crippen LogP contribution in [0, 0.1) is 0 Å². The average Bonchev–Trinajstić information content (AvgIpc) is 3.24. The Morgan fingerprint density at radius 2 is 1.78 bits per heavy atom. The first-order valence-electron chi connectivity index (χ1n) is 9.20. The number of nitrogens with zero attached hydrogens (tertiary/aromatic N) is 2. The van der Waals surface area contributed by atoms with Gasteiger partial charge in [0.2, 0.25) is 0 Å². The molecule has 0 aliphatic carbocycles. The van der Waals surface area contributed by atoms with E-state index in [0.29, 0.717) is 31.0 Å². The number of benzene rings is 2. The summed E-state index contributed by atoms with van der Waals surface area (Å²) in [6.45, 7) is 3.32. The minimum Gasteiger partial charge on any atom is -0.379 e. The predicted molar refractivity (Wildman–Crippen MR) is 102 cm³/mol. The van der Waals surface area contributed by atoms with Crippen LogP contribution in [0.4, 0.5) is 5.69 Å². The number of aliphatic hydroxyl groups is 1. The lowest BCUT2D eigenvalue weighted by molar-refractivity contribution is -0.132. The standard InChI is InChI=1S/C21H21N3O3/c25-20-21(26,17-13-22-18-7-3-1-5-15(17)18)16-6-2-4-8-19(16)24(20)14-23-9-11-27-12-10-23/h1-8,13,22,26H,9-12,14H2/t21-/m1/s1. The Morgan fingerprint density at radius 1 is 1.04 bits per heavy atom. The van der Waals surface area contributed by atoms with Gasteiger partial charge in [-0.05, 0) is 12.1 Å². The van der Waals surface area contributed by atoms with Gasteiger partial charge in [-0.15, -0.1) is 0 Å². The molecule has 0 radical (unpaired) electrons. The monoisotopic (exact) mass is 363 g/mol. The van der Waals surface area contributed by atoms with Crippen LogP contribution in [0.1, 0.15) is 11.1 Å². The van der Waals surface area contributed by atoms with Crippen molar-refractivity contribution in [1.29, 1.82) is 0 Å². The van der Waals surface area contributed by atoms with Gasteiger partial charge in [-0.25, -0.2) is 0 Å². The van der Waals surface area contributed by atoms with E-state index in [-0.39, 0.29) is 5.91 Å². The highest BCUT2D eigenvalue weighted by molar-refractivity contribution is 6.11. The molecule has 2 N–H and O–H groups in total. The second-order valence-electron chi connectivity index (χ2n) is 7.08. The highest BCUT2D eigenvalue weighted by atomic mass is 16.5. The SMILES string of the molecule is O=C1N(CN2CCOCC2)c2ccccc2[C@@]1(O)c1c[nH]c2ccccc12. The summed E-state index contributed by atoms with van der Waals surface area (Å²) in [7, 11) is 0. The van der Waals surface area contributed by atoms with E-state index in [4.69, 9.17) is 4.74 Å². The Kier molecular flexibility index (Phi) is 3.79. The van der Waals surface area contributed by atoms with Gasteiger partial charge in [0.25, 0.3) is 5.91 Å². The zero-order valence-corrected chi connectivity index (χ0v) is 14.9. The maximum Gasteiger partial charge on any atom is 0.269 e. The molecule has 5 rings (SSSR count). The van der Waals surface area contributed by atoms with Gasteiger partial charge < -0.3 is 14.8 Å². The third kappa shape index (κ3) is 2.41. The molecule has 3 heterocycles. The van der Waals surface area contributed by atoms with E-state index in [9.17, 15) is 9.90 Å². The number of rotatable bonds is 3. The Morgan fingerprint density at radius 3 is 2.63 bits per heavy atom. The molecule has 6 heteroatoms. The molecule has 0 spiro atoms. The number of amides is 1. The largest absolute Gasteiger partial charge is 0.379 e. The number of nitrogens with one attached hydrogen (secondary N) is 1. The fraction of sp³-hybridized carbons (Fsp3) is 0.286. The number of hydrogen-bond acceptors (Lipinski definition) is 4. The molecule has 3 aromatic rings. The maximum atomic E-state index is 13.5. The molecule has 2 aromatic carbocycles. The van der Waals surface area contributed by atoms with Gasteiger partial charge in [0.05, 0.1) is 25.6 Å². The average molecular weight is 363 g/mol. The molecular weight excluding hydrogens is 342 g/mol. The van der Waals surface area contributed by atoms with Gasteiger partial charge in [-0.3, -0.25) is 14.6 Å². The van der Waals surface area contributed by atoms with E-state index < -0.39 is 5.60 Å². The Labute approximate surface area is 157 Å². The summed E-state index contributed by atoms with van der Waals surface area (Å²) in [5.41, 5.74) is 1.20. The van der Waals surface area contributed by atoms with Crippen molar-refractivity contribution in [3.05, 3.63) is 65.9 Å². The predicted octanol–water partition coefficient (Wildman–Crippen LogP) is 2.04. The van der Waals surface area contributed by atoms with Crippen LogP contribution in [-0.2, 0) is 15.1 Å². The van der Waals surface area contributed by atoms with E-state index in [0.717, 1.165) is 29.7 Å². The number of morpholine rings is 1. The lowest BCUT2D eigenvalue weighted by atomic mass is 9.87. The van der Waals surface area contributed by atoms with Gasteiger partial charge >= 0.3 is 0 Å². The van der Waals surface area contributed by atoms with Gasteiger partial charge in [-0.2, -0.15) is 0 Å². The molecule has 6 nitrogen and oxygen atoms in total.